The van der Waals surface area contributed by atoms with Crippen molar-refractivity contribution in [2.24, 2.45) is 0 Å². The molecule has 0 unspecified atom stereocenters. The van der Waals surface area contributed by atoms with Crippen molar-refractivity contribution < 1.29 is 0 Å². The molecule has 0 saturated carbocycles. The summed E-state index contributed by atoms with van der Waals surface area (Å²) in [6, 6.07) is 4.14. The molecular formula is C10H17N. The maximum atomic E-state index is 4.27. The number of aromatic nitrogens is 1. The molecule has 0 aromatic carbocycles. The number of pyridine rings is 1. The molecule has 0 radical (unpaired) electrons. The number of nitrogens with zero attached hydrogens (tertiary/aromatic N) is 1. The van der Waals surface area contributed by atoms with Gasteiger partial charge in [-0.15, -0.1) is 0 Å². The average molecular weight is 151 g/mol. The first-order valence-corrected chi connectivity index (χ1v) is 3.81. The van der Waals surface area contributed by atoms with E-state index in [-0.39, 0.29) is 7.43 Å². The fourth-order valence-corrected chi connectivity index (χ4v) is 1.11. The Bertz CT molecular complexity index is 183. The summed E-state index contributed by atoms with van der Waals surface area (Å²) in [7, 11) is 0. The molecule has 1 heterocycles. The van der Waals surface area contributed by atoms with E-state index in [1.165, 1.54) is 11.3 Å². The lowest BCUT2D eigenvalue weighted by atomic mass is 10.1. The van der Waals surface area contributed by atoms with Gasteiger partial charge in [-0.25, -0.2) is 0 Å². The Balaban J connectivity index is 0.000001000. The lowest BCUT2D eigenvalue weighted by Crippen LogP contribution is -1.92. The molecular weight excluding hydrogens is 134 g/mol. The van der Waals surface area contributed by atoms with Crippen LogP contribution in [0.4, 0.5) is 0 Å². The second kappa shape index (κ2) is 4.89. The zero-order valence-corrected chi connectivity index (χ0v) is 6.59. The van der Waals surface area contributed by atoms with Crippen LogP contribution in [-0.4, -0.2) is 4.98 Å². The zero-order chi connectivity index (χ0) is 7.40. The molecule has 0 aliphatic rings. The lowest BCUT2D eigenvalue weighted by molar-refractivity contribution is 0.964. The van der Waals surface area contributed by atoms with Gasteiger partial charge in [-0.1, -0.05) is 27.3 Å². The predicted octanol–water partition coefficient (Wildman–Crippen LogP) is 2.84. The van der Waals surface area contributed by atoms with Crippen molar-refractivity contribution in [1.82, 2.24) is 4.98 Å². The zero-order valence-electron chi connectivity index (χ0n) is 6.59. The largest absolute Gasteiger partial charge is 0.261 e. The van der Waals surface area contributed by atoms with Gasteiger partial charge in [0.25, 0.3) is 0 Å². The standard InChI is InChI=1S/C9H13N.CH4/c1-3-8-6-5-7-10-9(8)4-2;/h5-7H,3-4H2,1-2H3;1H4. The van der Waals surface area contributed by atoms with Crippen molar-refractivity contribution in [3.05, 3.63) is 29.6 Å². The highest BCUT2D eigenvalue weighted by Crippen LogP contribution is 2.05. The molecule has 0 atom stereocenters. The Morgan fingerprint density at radius 2 is 2.00 bits per heavy atom. The molecule has 0 fully saturated rings. The summed E-state index contributed by atoms with van der Waals surface area (Å²) in [5.74, 6) is 0. The molecule has 1 rings (SSSR count). The van der Waals surface area contributed by atoms with Gasteiger partial charge in [0.15, 0.2) is 0 Å². The van der Waals surface area contributed by atoms with E-state index in [1.807, 2.05) is 12.3 Å². The molecule has 11 heavy (non-hydrogen) atoms. The second-order valence-corrected chi connectivity index (χ2v) is 2.32. The average Bonchev–Trinajstić information content (AvgIpc) is 2.04. The highest BCUT2D eigenvalue weighted by Gasteiger charge is 1.95. The number of rotatable bonds is 2. The minimum absolute atomic E-state index is 0. The van der Waals surface area contributed by atoms with E-state index in [2.05, 4.69) is 24.9 Å². The molecule has 1 aromatic heterocycles. The van der Waals surface area contributed by atoms with Crippen molar-refractivity contribution in [1.29, 1.82) is 0 Å². The predicted molar refractivity (Wildman–Crippen MR) is 49.7 cm³/mol. The minimum atomic E-state index is 0. The summed E-state index contributed by atoms with van der Waals surface area (Å²) in [6.07, 6.45) is 4.00. The van der Waals surface area contributed by atoms with Crippen molar-refractivity contribution >= 4 is 0 Å². The summed E-state index contributed by atoms with van der Waals surface area (Å²) < 4.78 is 0. The Hall–Kier alpha value is -0.850. The normalized spacial score (nSPS) is 8.91. The molecule has 0 saturated heterocycles. The second-order valence-electron chi connectivity index (χ2n) is 2.32. The first-order chi connectivity index (χ1) is 4.88. The number of aryl methyl sites for hydroxylation is 2. The van der Waals surface area contributed by atoms with Gasteiger partial charge in [-0.2, -0.15) is 0 Å². The Kier molecular flexibility index (Phi) is 4.51. The third-order valence-electron chi connectivity index (χ3n) is 1.70. The van der Waals surface area contributed by atoms with Crippen molar-refractivity contribution in [3.63, 3.8) is 0 Å². The van der Waals surface area contributed by atoms with Crippen LogP contribution in [0.2, 0.25) is 0 Å². The molecule has 62 valence electrons. The van der Waals surface area contributed by atoms with Gasteiger partial charge >= 0.3 is 0 Å². The summed E-state index contributed by atoms with van der Waals surface area (Å²) in [5, 5.41) is 0. The summed E-state index contributed by atoms with van der Waals surface area (Å²) in [5.41, 5.74) is 2.62. The topological polar surface area (TPSA) is 12.9 Å². The summed E-state index contributed by atoms with van der Waals surface area (Å²) in [6.45, 7) is 4.30. The Morgan fingerprint density at radius 3 is 2.45 bits per heavy atom. The SMILES string of the molecule is C.CCc1cccnc1CC. The minimum Gasteiger partial charge on any atom is -0.261 e. The van der Waals surface area contributed by atoms with E-state index in [0.29, 0.717) is 0 Å². The molecule has 1 heteroatoms. The van der Waals surface area contributed by atoms with Crippen LogP contribution >= 0.6 is 0 Å². The van der Waals surface area contributed by atoms with Crippen LogP contribution < -0.4 is 0 Å². The smallest absolute Gasteiger partial charge is 0.0432 e. The van der Waals surface area contributed by atoms with E-state index < -0.39 is 0 Å². The molecule has 0 amide bonds. The van der Waals surface area contributed by atoms with Gasteiger partial charge in [0.2, 0.25) is 0 Å². The van der Waals surface area contributed by atoms with E-state index in [4.69, 9.17) is 0 Å². The molecule has 0 bridgehead atoms. The quantitative estimate of drug-likeness (QED) is 0.633. The van der Waals surface area contributed by atoms with Gasteiger partial charge in [-0.3, -0.25) is 4.98 Å². The van der Waals surface area contributed by atoms with E-state index in [1.54, 1.807) is 0 Å². The first-order valence-electron chi connectivity index (χ1n) is 3.81. The lowest BCUT2D eigenvalue weighted by Gasteiger charge is -2.01. The van der Waals surface area contributed by atoms with Gasteiger partial charge < -0.3 is 0 Å². The first kappa shape index (κ1) is 10.2. The van der Waals surface area contributed by atoms with Crippen molar-refractivity contribution in [3.8, 4) is 0 Å². The molecule has 0 spiro atoms. The fourth-order valence-electron chi connectivity index (χ4n) is 1.11. The molecule has 1 nitrogen and oxygen atoms in total. The van der Waals surface area contributed by atoms with Crippen LogP contribution in [0.15, 0.2) is 18.3 Å². The molecule has 0 N–H and O–H groups in total. The number of hydrogen-bond donors (Lipinski definition) is 0. The third-order valence-corrected chi connectivity index (χ3v) is 1.70. The van der Waals surface area contributed by atoms with E-state index >= 15 is 0 Å². The molecule has 0 aliphatic carbocycles. The van der Waals surface area contributed by atoms with Crippen LogP contribution in [0.3, 0.4) is 0 Å². The van der Waals surface area contributed by atoms with Gasteiger partial charge in [0.05, 0.1) is 0 Å². The maximum absolute atomic E-state index is 4.27. The maximum Gasteiger partial charge on any atom is 0.0432 e. The Morgan fingerprint density at radius 1 is 1.27 bits per heavy atom. The third kappa shape index (κ3) is 2.34. The summed E-state index contributed by atoms with van der Waals surface area (Å²) in [4.78, 5) is 4.27. The van der Waals surface area contributed by atoms with Crippen LogP contribution in [-0.2, 0) is 12.8 Å². The van der Waals surface area contributed by atoms with Crippen molar-refractivity contribution in [2.75, 3.05) is 0 Å². The molecule has 1 aromatic rings. The highest BCUT2D eigenvalue weighted by molar-refractivity contribution is 5.19. The van der Waals surface area contributed by atoms with Gasteiger partial charge in [0, 0.05) is 11.9 Å². The van der Waals surface area contributed by atoms with Crippen LogP contribution in [0.25, 0.3) is 0 Å². The Labute approximate surface area is 69.5 Å². The summed E-state index contributed by atoms with van der Waals surface area (Å²) >= 11 is 0. The van der Waals surface area contributed by atoms with Crippen LogP contribution in [0, 0.1) is 0 Å². The highest BCUT2D eigenvalue weighted by atomic mass is 14.7. The van der Waals surface area contributed by atoms with Crippen LogP contribution in [0.5, 0.6) is 0 Å². The van der Waals surface area contributed by atoms with Gasteiger partial charge in [-0.05, 0) is 24.5 Å². The molecule has 0 aliphatic heterocycles. The van der Waals surface area contributed by atoms with Crippen molar-refractivity contribution in [2.45, 2.75) is 34.1 Å². The number of hydrogen-bond acceptors (Lipinski definition) is 1. The van der Waals surface area contributed by atoms with Gasteiger partial charge in [0.1, 0.15) is 0 Å². The van der Waals surface area contributed by atoms with E-state index in [9.17, 15) is 0 Å². The monoisotopic (exact) mass is 151 g/mol. The van der Waals surface area contributed by atoms with E-state index in [0.717, 1.165) is 12.8 Å². The van der Waals surface area contributed by atoms with Crippen LogP contribution in [0.1, 0.15) is 32.5 Å². The fraction of sp³-hybridized carbons (Fsp3) is 0.500.